The molecule has 134 valence electrons. The van der Waals surface area contributed by atoms with E-state index in [0.29, 0.717) is 35.1 Å². The molecule has 3 rings (SSSR count). The summed E-state index contributed by atoms with van der Waals surface area (Å²) < 4.78 is 5.40. The van der Waals surface area contributed by atoms with Crippen LogP contribution in [0.2, 0.25) is 0 Å². The third-order valence-electron chi connectivity index (χ3n) is 4.53. The molecular formula is C22H18N2O3. The van der Waals surface area contributed by atoms with E-state index in [4.69, 9.17) is 9.84 Å². The topological polar surface area (TPSA) is 94.1 Å². The van der Waals surface area contributed by atoms with Gasteiger partial charge in [0, 0.05) is 17.7 Å². The van der Waals surface area contributed by atoms with E-state index < -0.39 is 5.97 Å². The third kappa shape index (κ3) is 3.46. The number of rotatable bonds is 6. The average molecular weight is 358 g/mol. The number of aliphatic hydroxyl groups is 1. The molecule has 0 bridgehead atoms. The van der Waals surface area contributed by atoms with E-state index in [0.717, 1.165) is 17.5 Å². The zero-order valence-electron chi connectivity index (χ0n) is 14.7. The molecule has 27 heavy (non-hydrogen) atoms. The van der Waals surface area contributed by atoms with Crippen molar-refractivity contribution in [2.75, 3.05) is 13.2 Å². The first kappa shape index (κ1) is 18.4. The maximum atomic E-state index is 12.6. The monoisotopic (exact) mass is 358 g/mol. The predicted octanol–water partition coefficient (Wildman–Crippen LogP) is 3.84. The Balaban J connectivity index is 2.02. The number of hydrogen-bond acceptors (Lipinski definition) is 5. The molecule has 2 aromatic rings. The van der Waals surface area contributed by atoms with E-state index in [1.165, 1.54) is 0 Å². The minimum atomic E-state index is -0.428. The molecule has 5 nitrogen and oxygen atoms in total. The molecule has 1 N–H and O–H groups in total. The summed E-state index contributed by atoms with van der Waals surface area (Å²) in [5.74, 6) is -0.428. The van der Waals surface area contributed by atoms with Gasteiger partial charge < -0.3 is 9.84 Å². The molecule has 1 aliphatic rings. The summed E-state index contributed by atoms with van der Waals surface area (Å²) in [4.78, 5) is 12.6. The van der Waals surface area contributed by atoms with Crippen LogP contribution in [0.4, 0.5) is 0 Å². The predicted molar refractivity (Wildman–Crippen MR) is 100 cm³/mol. The smallest absolute Gasteiger partial charge is 0.338 e. The molecule has 0 amide bonds. The van der Waals surface area contributed by atoms with E-state index >= 15 is 0 Å². The van der Waals surface area contributed by atoms with Crippen LogP contribution in [0.15, 0.2) is 48.0 Å². The number of esters is 1. The van der Waals surface area contributed by atoms with Crippen LogP contribution in [0.25, 0.3) is 16.7 Å². The Morgan fingerprint density at radius 1 is 0.926 bits per heavy atom. The lowest BCUT2D eigenvalue weighted by atomic mass is 9.97. The molecule has 0 atom stereocenters. The maximum Gasteiger partial charge on any atom is 0.338 e. The number of hydrogen-bond donors (Lipinski definition) is 1. The van der Waals surface area contributed by atoms with E-state index in [2.05, 4.69) is 0 Å². The molecule has 5 heteroatoms. The molecule has 0 fully saturated rings. The number of nitriles is 2. The summed E-state index contributed by atoms with van der Waals surface area (Å²) >= 11 is 0. The highest BCUT2D eigenvalue weighted by Gasteiger charge is 2.30. The zero-order chi connectivity index (χ0) is 19.2. The summed E-state index contributed by atoms with van der Waals surface area (Å²) in [6.45, 7) is 0.417. The van der Waals surface area contributed by atoms with Crippen molar-refractivity contribution >= 4 is 11.5 Å². The normalized spacial score (nSPS) is 11.1. The standard InChI is InChI=1S/C22H18N2O3/c23-13-15(14-24)20-16-7-2-3-8-17(16)21-18(20)9-6-10-19(21)22(26)27-12-5-1-4-11-25/h2-3,6-10,25H,1,4-5,11-12H2. The van der Waals surface area contributed by atoms with E-state index in [-0.39, 0.29) is 18.8 Å². The van der Waals surface area contributed by atoms with Crippen LogP contribution in [-0.2, 0) is 4.74 Å². The number of allylic oxidation sites excluding steroid dienone is 1. The highest BCUT2D eigenvalue weighted by atomic mass is 16.5. The van der Waals surface area contributed by atoms with Gasteiger partial charge in [-0.2, -0.15) is 10.5 Å². The van der Waals surface area contributed by atoms with Crippen LogP contribution in [0.3, 0.4) is 0 Å². The van der Waals surface area contributed by atoms with Crippen molar-refractivity contribution in [3.05, 3.63) is 64.7 Å². The van der Waals surface area contributed by atoms with Gasteiger partial charge in [0.1, 0.15) is 17.7 Å². The van der Waals surface area contributed by atoms with Gasteiger partial charge >= 0.3 is 5.97 Å². The summed E-state index contributed by atoms with van der Waals surface area (Å²) in [7, 11) is 0. The van der Waals surface area contributed by atoms with Gasteiger partial charge in [-0.3, -0.25) is 0 Å². The van der Waals surface area contributed by atoms with Crippen molar-refractivity contribution in [3.63, 3.8) is 0 Å². The largest absolute Gasteiger partial charge is 0.462 e. The Bertz CT molecular complexity index is 977. The third-order valence-corrected chi connectivity index (χ3v) is 4.53. The highest BCUT2D eigenvalue weighted by Crippen LogP contribution is 2.47. The van der Waals surface area contributed by atoms with Gasteiger partial charge in [-0.15, -0.1) is 0 Å². The van der Waals surface area contributed by atoms with Crippen LogP contribution in [0.1, 0.15) is 40.7 Å². The SMILES string of the molecule is N#CC(C#N)=C1c2ccccc2-c2c(C(=O)OCCCCCO)cccc21. The number of carbonyl (C=O) groups excluding carboxylic acids is 1. The number of nitrogens with zero attached hydrogens (tertiary/aromatic N) is 2. The van der Waals surface area contributed by atoms with Crippen molar-refractivity contribution in [2.45, 2.75) is 19.3 Å². The fourth-order valence-corrected chi connectivity index (χ4v) is 3.32. The molecule has 0 heterocycles. The van der Waals surface area contributed by atoms with Gasteiger partial charge in [0.05, 0.1) is 12.2 Å². The van der Waals surface area contributed by atoms with Crippen molar-refractivity contribution in [1.29, 1.82) is 10.5 Å². The Kier molecular flexibility index (Phi) is 5.66. The van der Waals surface area contributed by atoms with Crippen molar-refractivity contribution in [2.24, 2.45) is 0 Å². The molecule has 0 unspecified atom stereocenters. The summed E-state index contributed by atoms with van der Waals surface area (Å²) in [6.07, 6.45) is 2.17. The quantitative estimate of drug-likeness (QED) is 0.410. The minimum Gasteiger partial charge on any atom is -0.462 e. The highest BCUT2D eigenvalue weighted by molar-refractivity contribution is 6.10. The van der Waals surface area contributed by atoms with Crippen molar-refractivity contribution in [1.82, 2.24) is 0 Å². The molecule has 1 aliphatic carbocycles. The lowest BCUT2D eigenvalue weighted by Gasteiger charge is -2.10. The number of benzene rings is 2. The number of aliphatic hydroxyl groups excluding tert-OH is 1. The molecule has 2 aromatic carbocycles. The van der Waals surface area contributed by atoms with Crippen LogP contribution in [0.5, 0.6) is 0 Å². The van der Waals surface area contributed by atoms with Gasteiger partial charge in [0.25, 0.3) is 0 Å². The van der Waals surface area contributed by atoms with Crippen molar-refractivity contribution < 1.29 is 14.6 Å². The molecule has 0 aromatic heterocycles. The van der Waals surface area contributed by atoms with Crippen LogP contribution >= 0.6 is 0 Å². The first-order valence-corrected chi connectivity index (χ1v) is 8.78. The van der Waals surface area contributed by atoms with E-state index in [1.54, 1.807) is 12.1 Å². The molecular weight excluding hydrogens is 340 g/mol. The molecule has 0 saturated carbocycles. The van der Waals surface area contributed by atoms with Gasteiger partial charge in [-0.05, 0) is 42.0 Å². The second-order valence-electron chi connectivity index (χ2n) is 6.17. The molecule has 0 aliphatic heterocycles. The van der Waals surface area contributed by atoms with Gasteiger partial charge in [0.15, 0.2) is 0 Å². The molecule has 0 radical (unpaired) electrons. The van der Waals surface area contributed by atoms with Gasteiger partial charge in [-0.25, -0.2) is 4.79 Å². The first-order valence-electron chi connectivity index (χ1n) is 8.78. The number of fused-ring (bicyclic) bond motifs is 3. The van der Waals surface area contributed by atoms with Crippen LogP contribution in [0, 0.1) is 22.7 Å². The Morgan fingerprint density at radius 2 is 1.63 bits per heavy atom. The number of unbranched alkanes of at least 4 members (excludes halogenated alkanes) is 2. The van der Waals surface area contributed by atoms with Crippen LogP contribution < -0.4 is 0 Å². The number of carbonyl (C=O) groups is 1. The zero-order valence-corrected chi connectivity index (χ0v) is 14.7. The molecule has 0 saturated heterocycles. The fourth-order valence-electron chi connectivity index (χ4n) is 3.32. The summed E-state index contributed by atoms with van der Waals surface area (Å²) in [6, 6.07) is 16.6. The van der Waals surface area contributed by atoms with Crippen LogP contribution in [-0.4, -0.2) is 24.3 Å². The second-order valence-corrected chi connectivity index (χ2v) is 6.17. The van der Waals surface area contributed by atoms with E-state index in [9.17, 15) is 15.3 Å². The lowest BCUT2D eigenvalue weighted by Crippen LogP contribution is -2.08. The van der Waals surface area contributed by atoms with Gasteiger partial charge in [0.2, 0.25) is 0 Å². The fraction of sp³-hybridized carbons (Fsp3) is 0.227. The lowest BCUT2D eigenvalue weighted by molar-refractivity contribution is 0.0497. The average Bonchev–Trinajstić information content (AvgIpc) is 3.03. The second kappa shape index (κ2) is 8.31. The van der Waals surface area contributed by atoms with E-state index in [1.807, 2.05) is 42.5 Å². The number of ether oxygens (including phenoxy) is 1. The van der Waals surface area contributed by atoms with Crippen molar-refractivity contribution in [3.8, 4) is 23.3 Å². The minimum absolute atomic E-state index is 0.0238. The Morgan fingerprint density at radius 3 is 2.33 bits per heavy atom. The molecule has 0 spiro atoms. The maximum absolute atomic E-state index is 12.6. The summed E-state index contributed by atoms with van der Waals surface area (Å²) in [5.41, 5.74) is 3.99. The Hall–Kier alpha value is -3.41. The summed E-state index contributed by atoms with van der Waals surface area (Å²) in [5, 5.41) is 27.5. The first-order chi connectivity index (χ1) is 13.2. The van der Waals surface area contributed by atoms with Gasteiger partial charge in [-0.1, -0.05) is 36.4 Å². The Labute approximate surface area is 157 Å².